The van der Waals surface area contributed by atoms with Crippen LogP contribution < -0.4 is 0 Å². The molecule has 4 nitrogen and oxygen atoms in total. The number of tetrazole rings is 1. The summed E-state index contributed by atoms with van der Waals surface area (Å²) >= 11 is 3.85. The average Bonchev–Trinajstić information content (AvgIpc) is 2.14. The van der Waals surface area contributed by atoms with Crippen LogP contribution in [0, 0.1) is 0 Å². The van der Waals surface area contributed by atoms with Crippen molar-refractivity contribution in [3.8, 4) is 0 Å². The van der Waals surface area contributed by atoms with Crippen LogP contribution >= 0.6 is 12.6 Å². The van der Waals surface area contributed by atoms with Gasteiger partial charge in [-0.2, -0.15) is 4.80 Å². The summed E-state index contributed by atoms with van der Waals surface area (Å²) in [5.41, 5.74) is 0. The molecule has 0 bridgehead atoms. The van der Waals surface area contributed by atoms with Crippen LogP contribution in [-0.4, -0.2) is 49.8 Å². The molecule has 0 aliphatic rings. The zero-order valence-corrected chi connectivity index (χ0v) is 5.34. The Hall–Kier alpha value is 0.420. The quantitative estimate of drug-likeness (QED) is 0.431. The van der Waals surface area contributed by atoms with Gasteiger partial charge in [-0.3, -0.25) is 0 Å². The van der Waals surface area contributed by atoms with E-state index in [0.29, 0.717) is 5.16 Å². The summed E-state index contributed by atoms with van der Waals surface area (Å²) in [6.45, 7) is 2.68. The summed E-state index contributed by atoms with van der Waals surface area (Å²) in [5, 5.41) is 11.4. The molecule has 1 aromatic rings. The molecule has 0 spiro atoms. The third-order valence-electron chi connectivity index (χ3n) is 0.725. The van der Waals surface area contributed by atoms with E-state index in [2.05, 4.69) is 28.0 Å². The Balaban J connectivity index is 0.000000640. The fourth-order valence-corrected chi connectivity index (χ4v) is 0.512. The second-order valence-electron chi connectivity index (χ2n) is 1.28. The van der Waals surface area contributed by atoms with Gasteiger partial charge in [-0.1, -0.05) is 12.6 Å². The van der Waals surface area contributed by atoms with Crippen molar-refractivity contribution in [3.05, 3.63) is 0 Å². The van der Waals surface area contributed by atoms with Crippen LogP contribution in [0.15, 0.2) is 5.16 Å². The van der Waals surface area contributed by atoms with Gasteiger partial charge in [0.2, 0.25) is 5.16 Å². The number of hydrogen-bond donors (Lipinski definition) is 1. The minimum absolute atomic E-state index is 0. The van der Waals surface area contributed by atoms with Crippen molar-refractivity contribution < 1.29 is 0 Å². The van der Waals surface area contributed by atoms with Crippen molar-refractivity contribution in [3.63, 3.8) is 0 Å². The Bertz CT molecular complexity index is 176. The van der Waals surface area contributed by atoms with Gasteiger partial charge in [-0.05, 0) is 12.1 Å². The monoisotopic (exact) mass is 154 g/mol. The molecule has 0 unspecified atom stereocenters. The van der Waals surface area contributed by atoms with E-state index in [0.717, 1.165) is 6.54 Å². The number of aryl methyl sites for hydroxylation is 1. The first-order valence-corrected chi connectivity index (χ1v) is 2.74. The van der Waals surface area contributed by atoms with Crippen molar-refractivity contribution in [1.29, 1.82) is 0 Å². The van der Waals surface area contributed by atoms with Crippen LogP contribution in [0.5, 0.6) is 0 Å². The van der Waals surface area contributed by atoms with E-state index in [-0.39, 0.29) is 29.6 Å². The Labute approximate surface area is 80.7 Å². The van der Waals surface area contributed by atoms with Crippen molar-refractivity contribution in [2.75, 3.05) is 0 Å². The number of nitrogens with zero attached hydrogens (tertiary/aromatic N) is 4. The van der Waals surface area contributed by atoms with Gasteiger partial charge in [0.05, 0.1) is 6.54 Å². The van der Waals surface area contributed by atoms with E-state index in [9.17, 15) is 0 Å². The van der Waals surface area contributed by atoms with Crippen molar-refractivity contribution >= 4 is 42.2 Å². The van der Waals surface area contributed by atoms with E-state index in [1.54, 1.807) is 0 Å². The summed E-state index contributed by atoms with van der Waals surface area (Å²) in [5.74, 6) is 0. The molecule has 1 rings (SSSR count). The zero-order chi connectivity index (χ0) is 5.98. The maximum absolute atomic E-state index is 3.85. The van der Waals surface area contributed by atoms with Crippen molar-refractivity contribution in [2.45, 2.75) is 18.6 Å². The Kier molecular flexibility index (Phi) is 4.47. The Morgan fingerprint density at radius 2 is 2.33 bits per heavy atom. The molecule has 9 heavy (non-hydrogen) atoms. The summed E-state index contributed by atoms with van der Waals surface area (Å²) in [7, 11) is 0. The van der Waals surface area contributed by atoms with Gasteiger partial charge in [-0.25, -0.2) is 0 Å². The van der Waals surface area contributed by atoms with E-state index in [1.807, 2.05) is 6.92 Å². The second kappa shape index (κ2) is 4.27. The maximum atomic E-state index is 3.85. The average molecular weight is 154 g/mol. The molecule has 46 valence electrons. The minimum atomic E-state index is 0. The predicted octanol–water partition coefficient (Wildman–Crippen LogP) is -0.667. The van der Waals surface area contributed by atoms with Gasteiger partial charge in [0.1, 0.15) is 0 Å². The summed E-state index contributed by atoms with van der Waals surface area (Å²) < 4.78 is 0. The van der Waals surface area contributed by atoms with Crippen LogP contribution in [-0.2, 0) is 6.54 Å². The van der Waals surface area contributed by atoms with Crippen LogP contribution in [0.3, 0.4) is 0 Å². The summed E-state index contributed by atoms with van der Waals surface area (Å²) in [6.07, 6.45) is 0. The first-order valence-electron chi connectivity index (χ1n) is 2.29. The van der Waals surface area contributed by atoms with Crippen LogP contribution in [0.1, 0.15) is 6.92 Å². The predicted molar refractivity (Wildman–Crippen MR) is 37.9 cm³/mol. The molecular formula is C3H7N4NaS. The molecule has 0 aromatic carbocycles. The van der Waals surface area contributed by atoms with E-state index in [4.69, 9.17) is 0 Å². The summed E-state index contributed by atoms with van der Waals surface area (Å²) in [6, 6.07) is 0. The van der Waals surface area contributed by atoms with Gasteiger partial charge in [-0.15, -0.1) is 10.2 Å². The summed E-state index contributed by atoms with van der Waals surface area (Å²) in [4.78, 5) is 1.47. The molecule has 0 aliphatic heterocycles. The molecule has 0 saturated heterocycles. The number of aromatic nitrogens is 4. The molecule has 1 aromatic heterocycles. The van der Waals surface area contributed by atoms with Crippen LogP contribution in [0.4, 0.5) is 0 Å². The normalized spacial score (nSPS) is 8.67. The first-order chi connectivity index (χ1) is 3.83. The van der Waals surface area contributed by atoms with E-state index < -0.39 is 0 Å². The van der Waals surface area contributed by atoms with Crippen molar-refractivity contribution in [1.82, 2.24) is 20.2 Å². The molecule has 0 saturated carbocycles. The molecule has 0 fully saturated rings. The van der Waals surface area contributed by atoms with Crippen molar-refractivity contribution in [2.24, 2.45) is 0 Å². The SMILES string of the molecule is CCn1nnc(S)n1.[NaH]. The third kappa shape index (κ3) is 2.66. The van der Waals surface area contributed by atoms with Gasteiger partial charge < -0.3 is 0 Å². The Morgan fingerprint density at radius 3 is 2.56 bits per heavy atom. The zero-order valence-electron chi connectivity index (χ0n) is 4.44. The number of hydrogen-bond acceptors (Lipinski definition) is 4. The van der Waals surface area contributed by atoms with Gasteiger partial charge in [0.15, 0.2) is 0 Å². The first kappa shape index (κ1) is 9.42. The molecule has 0 aliphatic carbocycles. The standard InChI is InChI=1S/C3H6N4S.Na.H/c1-2-7-5-3(8)4-6-7;;/h2H2,1H3,(H,5,8);;. The third-order valence-corrected chi connectivity index (χ3v) is 0.904. The molecule has 0 amide bonds. The Morgan fingerprint density at radius 1 is 1.67 bits per heavy atom. The van der Waals surface area contributed by atoms with Gasteiger partial charge >= 0.3 is 29.6 Å². The van der Waals surface area contributed by atoms with Gasteiger partial charge in [0, 0.05) is 0 Å². The molecular weight excluding hydrogens is 147 g/mol. The van der Waals surface area contributed by atoms with Crippen LogP contribution in [0.25, 0.3) is 0 Å². The molecule has 0 atom stereocenters. The second-order valence-corrected chi connectivity index (χ2v) is 1.68. The topological polar surface area (TPSA) is 43.6 Å². The number of rotatable bonds is 1. The van der Waals surface area contributed by atoms with Gasteiger partial charge in [0.25, 0.3) is 0 Å². The molecule has 0 radical (unpaired) electrons. The fourth-order valence-electron chi connectivity index (χ4n) is 0.369. The van der Waals surface area contributed by atoms with E-state index in [1.165, 1.54) is 4.80 Å². The van der Waals surface area contributed by atoms with Crippen LogP contribution in [0.2, 0.25) is 0 Å². The molecule has 0 N–H and O–H groups in total. The molecule has 1 heterocycles. The fraction of sp³-hybridized carbons (Fsp3) is 0.667. The number of thiol groups is 1. The molecule has 6 heteroatoms. The van der Waals surface area contributed by atoms with E-state index >= 15 is 0 Å².